The highest BCUT2D eigenvalue weighted by molar-refractivity contribution is 8.00. The van der Waals surface area contributed by atoms with Gasteiger partial charge in [0.25, 0.3) is 0 Å². The summed E-state index contributed by atoms with van der Waals surface area (Å²) in [5.41, 5.74) is 3.01. The number of thioether (sulfide) groups is 1. The van der Waals surface area contributed by atoms with Gasteiger partial charge in [-0.3, -0.25) is 9.59 Å². The van der Waals surface area contributed by atoms with Crippen molar-refractivity contribution in [3.05, 3.63) is 60.2 Å². The summed E-state index contributed by atoms with van der Waals surface area (Å²) >= 11 is 1.71. The molecule has 6 heteroatoms. The topological polar surface area (TPSA) is 52.7 Å². The molecule has 2 saturated heterocycles. The van der Waals surface area contributed by atoms with Crippen LogP contribution in [0.5, 0.6) is 0 Å². The second kappa shape index (κ2) is 8.34. The van der Waals surface area contributed by atoms with Crippen LogP contribution in [-0.2, 0) is 14.5 Å². The SMILES string of the molecule is CCN(c1ccc(NC(=O)[C@H]2CS[C@@]3(c4ccccc4)CCC(=O)N23)cc1)C(C)C. The van der Waals surface area contributed by atoms with Crippen molar-refractivity contribution in [3.8, 4) is 0 Å². The van der Waals surface area contributed by atoms with Gasteiger partial charge < -0.3 is 15.1 Å². The molecule has 5 nitrogen and oxygen atoms in total. The van der Waals surface area contributed by atoms with Crippen LogP contribution in [-0.4, -0.2) is 41.1 Å². The Hall–Kier alpha value is -2.47. The highest BCUT2D eigenvalue weighted by Crippen LogP contribution is 2.54. The van der Waals surface area contributed by atoms with Gasteiger partial charge in [0.15, 0.2) is 0 Å². The van der Waals surface area contributed by atoms with Crippen molar-refractivity contribution in [1.29, 1.82) is 0 Å². The lowest BCUT2D eigenvalue weighted by Gasteiger charge is -2.34. The Morgan fingerprint density at radius 3 is 2.53 bits per heavy atom. The number of benzene rings is 2. The van der Waals surface area contributed by atoms with Gasteiger partial charge in [-0.25, -0.2) is 0 Å². The monoisotopic (exact) mass is 423 g/mol. The third-order valence-corrected chi connectivity index (χ3v) is 7.68. The van der Waals surface area contributed by atoms with Crippen molar-refractivity contribution in [2.24, 2.45) is 0 Å². The standard InChI is InChI=1S/C24H29N3O2S/c1-4-26(17(2)3)20-12-10-19(11-13-20)25-23(29)21-16-30-24(15-14-22(28)27(21)24)18-8-6-5-7-9-18/h5-13,17,21H,4,14-16H2,1-3H3,(H,25,29)/t21-,24-/m1/s1. The smallest absolute Gasteiger partial charge is 0.248 e. The minimum Gasteiger partial charge on any atom is -0.369 e. The number of rotatable bonds is 6. The summed E-state index contributed by atoms with van der Waals surface area (Å²) in [5.74, 6) is 0.566. The summed E-state index contributed by atoms with van der Waals surface area (Å²) in [6.07, 6.45) is 1.24. The van der Waals surface area contributed by atoms with Gasteiger partial charge in [-0.15, -0.1) is 11.8 Å². The average Bonchev–Trinajstić information content (AvgIpc) is 3.29. The van der Waals surface area contributed by atoms with Crippen LogP contribution in [0.2, 0.25) is 0 Å². The largest absolute Gasteiger partial charge is 0.369 e. The zero-order chi connectivity index (χ0) is 21.3. The van der Waals surface area contributed by atoms with Crippen LogP contribution < -0.4 is 10.2 Å². The molecule has 2 fully saturated rings. The quantitative estimate of drug-likeness (QED) is 0.746. The molecule has 2 aromatic rings. The van der Waals surface area contributed by atoms with Crippen LogP contribution in [0, 0.1) is 0 Å². The Bertz CT molecular complexity index is 916. The molecule has 0 bridgehead atoms. The predicted molar refractivity (Wildman–Crippen MR) is 124 cm³/mol. The number of fused-ring (bicyclic) bond motifs is 1. The molecule has 158 valence electrons. The molecule has 2 aliphatic heterocycles. The van der Waals surface area contributed by atoms with Crippen LogP contribution in [0.3, 0.4) is 0 Å². The van der Waals surface area contributed by atoms with Crippen LogP contribution >= 0.6 is 11.8 Å². The minimum atomic E-state index is -0.451. The number of hydrogen-bond donors (Lipinski definition) is 1. The normalized spacial score (nSPS) is 23.0. The zero-order valence-electron chi connectivity index (χ0n) is 17.8. The Morgan fingerprint density at radius 2 is 1.90 bits per heavy atom. The fraction of sp³-hybridized carbons (Fsp3) is 0.417. The van der Waals surface area contributed by atoms with E-state index in [1.54, 1.807) is 11.8 Å². The molecule has 0 saturated carbocycles. The first kappa shape index (κ1) is 20.8. The van der Waals surface area contributed by atoms with Crippen molar-refractivity contribution in [1.82, 2.24) is 4.90 Å². The number of hydrogen-bond acceptors (Lipinski definition) is 4. The van der Waals surface area contributed by atoms with Gasteiger partial charge in [0.05, 0.1) is 0 Å². The predicted octanol–water partition coefficient (Wildman–Crippen LogP) is 4.45. The summed E-state index contributed by atoms with van der Waals surface area (Å²) in [6.45, 7) is 7.41. The van der Waals surface area contributed by atoms with Crippen molar-refractivity contribution in [2.45, 2.75) is 50.6 Å². The average molecular weight is 424 g/mol. The van der Waals surface area contributed by atoms with Crippen LogP contribution in [0.25, 0.3) is 0 Å². The van der Waals surface area contributed by atoms with Crippen LogP contribution in [0.1, 0.15) is 39.2 Å². The molecule has 2 aromatic carbocycles. The highest BCUT2D eigenvalue weighted by Gasteiger charge is 2.56. The summed E-state index contributed by atoms with van der Waals surface area (Å²) in [7, 11) is 0. The Morgan fingerprint density at radius 1 is 1.20 bits per heavy atom. The highest BCUT2D eigenvalue weighted by atomic mass is 32.2. The maximum Gasteiger partial charge on any atom is 0.248 e. The maximum absolute atomic E-state index is 13.1. The fourth-order valence-corrected chi connectivity index (χ4v) is 6.29. The third kappa shape index (κ3) is 3.58. The van der Waals surface area contributed by atoms with Gasteiger partial charge in [0, 0.05) is 36.1 Å². The fourth-order valence-electron chi connectivity index (χ4n) is 4.64. The Balaban J connectivity index is 1.51. The van der Waals surface area contributed by atoms with Gasteiger partial charge in [0.2, 0.25) is 11.8 Å². The van der Waals surface area contributed by atoms with E-state index in [4.69, 9.17) is 0 Å². The molecule has 2 amide bonds. The molecule has 0 spiro atoms. The molecular weight excluding hydrogens is 394 g/mol. The van der Waals surface area contributed by atoms with E-state index >= 15 is 0 Å². The third-order valence-electron chi connectivity index (χ3n) is 6.09. The number of nitrogens with zero attached hydrogens (tertiary/aromatic N) is 2. The molecule has 0 aromatic heterocycles. The van der Waals surface area contributed by atoms with Crippen LogP contribution in [0.4, 0.5) is 11.4 Å². The van der Waals surface area contributed by atoms with Gasteiger partial charge in [-0.1, -0.05) is 30.3 Å². The molecule has 2 heterocycles. The lowest BCUT2D eigenvalue weighted by atomic mass is 10.0. The van der Waals surface area contributed by atoms with E-state index in [1.165, 1.54) is 0 Å². The molecule has 1 N–H and O–H groups in total. The molecule has 2 atom stereocenters. The van der Waals surface area contributed by atoms with E-state index in [0.29, 0.717) is 18.2 Å². The van der Waals surface area contributed by atoms with E-state index < -0.39 is 10.9 Å². The molecule has 0 aliphatic carbocycles. The van der Waals surface area contributed by atoms with Crippen molar-refractivity contribution >= 4 is 35.0 Å². The van der Waals surface area contributed by atoms with E-state index in [-0.39, 0.29) is 11.8 Å². The molecular formula is C24H29N3O2S. The second-order valence-corrected chi connectivity index (χ2v) is 9.45. The van der Waals surface area contributed by atoms with E-state index in [9.17, 15) is 9.59 Å². The lowest BCUT2D eigenvalue weighted by molar-refractivity contribution is -0.136. The van der Waals surface area contributed by atoms with E-state index in [1.807, 2.05) is 47.4 Å². The number of nitrogens with one attached hydrogen (secondary N) is 1. The number of anilines is 2. The van der Waals surface area contributed by atoms with Crippen molar-refractivity contribution < 1.29 is 9.59 Å². The summed E-state index contributed by atoms with van der Waals surface area (Å²) in [4.78, 5) is 29.6. The number of carbonyl (C=O) groups excluding carboxylic acids is 2. The van der Waals surface area contributed by atoms with Gasteiger partial charge in [0.1, 0.15) is 10.9 Å². The summed E-state index contributed by atoms with van der Waals surface area (Å²) in [6, 6.07) is 18.0. The Kier molecular flexibility index (Phi) is 5.78. The van der Waals surface area contributed by atoms with E-state index in [2.05, 4.69) is 43.1 Å². The van der Waals surface area contributed by atoms with Crippen molar-refractivity contribution in [3.63, 3.8) is 0 Å². The zero-order valence-corrected chi connectivity index (χ0v) is 18.6. The molecule has 30 heavy (non-hydrogen) atoms. The lowest BCUT2D eigenvalue weighted by Crippen LogP contribution is -2.48. The Labute approximate surface area is 182 Å². The van der Waals surface area contributed by atoms with Gasteiger partial charge in [-0.2, -0.15) is 0 Å². The number of amides is 2. The van der Waals surface area contributed by atoms with Gasteiger partial charge >= 0.3 is 0 Å². The van der Waals surface area contributed by atoms with Crippen LogP contribution in [0.15, 0.2) is 54.6 Å². The molecule has 0 radical (unpaired) electrons. The molecule has 2 aliphatic rings. The molecule has 0 unspecified atom stereocenters. The number of carbonyl (C=O) groups is 2. The first-order valence-electron chi connectivity index (χ1n) is 10.7. The van der Waals surface area contributed by atoms with Crippen molar-refractivity contribution in [2.75, 3.05) is 22.5 Å². The second-order valence-electron chi connectivity index (χ2n) is 8.16. The first-order valence-corrected chi connectivity index (χ1v) is 11.6. The molecule has 4 rings (SSSR count). The maximum atomic E-state index is 13.1. The van der Waals surface area contributed by atoms with Gasteiger partial charge in [-0.05, 0) is 57.0 Å². The van der Waals surface area contributed by atoms with E-state index in [0.717, 1.165) is 29.9 Å². The summed E-state index contributed by atoms with van der Waals surface area (Å²) < 4.78 is 0. The summed E-state index contributed by atoms with van der Waals surface area (Å²) in [5, 5.41) is 3.03. The first-order chi connectivity index (χ1) is 14.5. The minimum absolute atomic E-state index is 0.0647.